The lowest BCUT2D eigenvalue weighted by Crippen LogP contribution is -2.27. The van der Waals surface area contributed by atoms with Crippen LogP contribution in [0.3, 0.4) is 0 Å². The largest absolute Gasteiger partial charge is 0.497 e. The molecule has 164 valence electrons. The van der Waals surface area contributed by atoms with Gasteiger partial charge in [0.2, 0.25) is 0 Å². The molecule has 5 nitrogen and oxygen atoms in total. The van der Waals surface area contributed by atoms with Crippen LogP contribution >= 0.6 is 34.7 Å². The Morgan fingerprint density at radius 1 is 1.16 bits per heavy atom. The van der Waals surface area contributed by atoms with Crippen molar-refractivity contribution in [1.82, 2.24) is 14.5 Å². The number of nitrogens with zero attached hydrogens (tertiary/aromatic N) is 3. The van der Waals surface area contributed by atoms with E-state index in [4.69, 9.17) is 21.3 Å². The summed E-state index contributed by atoms with van der Waals surface area (Å²) >= 11 is 9.32. The van der Waals surface area contributed by atoms with E-state index in [9.17, 15) is 4.79 Å². The molecule has 0 spiro atoms. The van der Waals surface area contributed by atoms with Crippen molar-refractivity contribution in [2.24, 2.45) is 0 Å². The van der Waals surface area contributed by atoms with Crippen LogP contribution in [0, 0.1) is 0 Å². The van der Waals surface area contributed by atoms with Crippen LogP contribution in [0.2, 0.25) is 5.02 Å². The van der Waals surface area contributed by atoms with Gasteiger partial charge in [0.25, 0.3) is 5.56 Å². The predicted octanol–water partition coefficient (Wildman–Crippen LogP) is 5.39. The maximum Gasteiger partial charge on any atom is 0.267 e. The Labute approximate surface area is 199 Å². The topological polar surface area (TPSA) is 47.4 Å². The van der Waals surface area contributed by atoms with E-state index >= 15 is 0 Å². The number of ether oxygens (including phenoxy) is 1. The maximum absolute atomic E-state index is 13.8. The number of thioether (sulfide) groups is 1. The monoisotopic (exact) mass is 483 g/mol. The van der Waals surface area contributed by atoms with Crippen molar-refractivity contribution in [3.63, 3.8) is 0 Å². The van der Waals surface area contributed by atoms with Crippen LogP contribution in [-0.2, 0) is 18.7 Å². The first kappa shape index (κ1) is 21.5. The molecular weight excluding hydrogens is 462 g/mol. The minimum absolute atomic E-state index is 0.00314. The molecule has 0 atom stereocenters. The molecule has 0 unspecified atom stereocenters. The molecule has 1 aliphatic rings. The van der Waals surface area contributed by atoms with Crippen molar-refractivity contribution in [3.05, 3.63) is 79.9 Å². The molecule has 2 aromatic carbocycles. The second-order valence-electron chi connectivity index (χ2n) is 7.82. The number of aromatic nitrogens is 2. The first-order valence-electron chi connectivity index (χ1n) is 10.3. The SMILES string of the molecule is COc1ccc(CSc2nc3sc4c(c3c(=O)n2-c2ccc(Cl)cc2)CCN(C)C4)cc1. The number of thiophene rings is 1. The Bertz CT molecular complexity index is 1330. The third-order valence-corrected chi connectivity index (χ3v) is 8.02. The number of benzene rings is 2. The fourth-order valence-corrected chi connectivity index (χ4v) is 6.37. The average molecular weight is 484 g/mol. The summed E-state index contributed by atoms with van der Waals surface area (Å²) in [6.07, 6.45) is 0.877. The zero-order chi connectivity index (χ0) is 22.2. The van der Waals surface area contributed by atoms with Crippen LogP contribution in [0.15, 0.2) is 58.5 Å². The molecule has 0 fully saturated rings. The van der Waals surface area contributed by atoms with Crippen molar-refractivity contribution < 1.29 is 4.74 Å². The van der Waals surface area contributed by atoms with Crippen LogP contribution in [-0.4, -0.2) is 35.2 Å². The van der Waals surface area contributed by atoms with Crippen molar-refractivity contribution >= 4 is 44.9 Å². The molecular formula is C24H22ClN3O2S2. The van der Waals surface area contributed by atoms with Gasteiger partial charge in [0.05, 0.1) is 18.2 Å². The van der Waals surface area contributed by atoms with Gasteiger partial charge in [-0.15, -0.1) is 11.3 Å². The summed E-state index contributed by atoms with van der Waals surface area (Å²) in [5, 5.41) is 2.09. The molecule has 4 aromatic rings. The average Bonchev–Trinajstić information content (AvgIpc) is 3.16. The number of fused-ring (bicyclic) bond motifs is 3. The Balaban J connectivity index is 1.61. The first-order chi connectivity index (χ1) is 15.5. The van der Waals surface area contributed by atoms with Crippen LogP contribution in [0.5, 0.6) is 5.75 Å². The van der Waals surface area contributed by atoms with Gasteiger partial charge in [-0.25, -0.2) is 4.98 Å². The Morgan fingerprint density at radius 2 is 1.91 bits per heavy atom. The van der Waals surface area contributed by atoms with E-state index in [-0.39, 0.29) is 5.56 Å². The number of likely N-dealkylation sites (N-methyl/N-ethyl adjacent to an activating group) is 1. The number of methoxy groups -OCH3 is 1. The van der Waals surface area contributed by atoms with Gasteiger partial charge < -0.3 is 9.64 Å². The maximum atomic E-state index is 13.8. The minimum atomic E-state index is -0.00314. The zero-order valence-corrected chi connectivity index (χ0v) is 20.2. The molecule has 0 N–H and O–H groups in total. The van der Waals surface area contributed by atoms with E-state index in [2.05, 4.69) is 11.9 Å². The third kappa shape index (κ3) is 4.06. The van der Waals surface area contributed by atoms with Gasteiger partial charge in [0.1, 0.15) is 10.6 Å². The molecule has 0 bridgehead atoms. The number of hydrogen-bond acceptors (Lipinski definition) is 6. The highest BCUT2D eigenvalue weighted by atomic mass is 35.5. The van der Waals surface area contributed by atoms with Crippen molar-refractivity contribution in [3.8, 4) is 11.4 Å². The quantitative estimate of drug-likeness (QED) is 0.281. The summed E-state index contributed by atoms with van der Waals surface area (Å²) in [5.74, 6) is 1.52. The van der Waals surface area contributed by atoms with Gasteiger partial charge in [-0.2, -0.15) is 0 Å². The highest BCUT2D eigenvalue weighted by Crippen LogP contribution is 2.34. The fourth-order valence-electron chi connectivity index (χ4n) is 3.94. The number of rotatable bonds is 5. The molecule has 32 heavy (non-hydrogen) atoms. The van der Waals surface area contributed by atoms with Crippen molar-refractivity contribution in [2.75, 3.05) is 20.7 Å². The van der Waals surface area contributed by atoms with E-state index in [1.165, 1.54) is 4.88 Å². The summed E-state index contributed by atoms with van der Waals surface area (Å²) in [7, 11) is 3.77. The molecule has 0 saturated heterocycles. The molecule has 0 amide bonds. The van der Waals surface area contributed by atoms with Crippen molar-refractivity contribution in [1.29, 1.82) is 0 Å². The molecule has 0 saturated carbocycles. The molecule has 2 aromatic heterocycles. The van der Waals surface area contributed by atoms with Crippen LogP contribution in [0.1, 0.15) is 16.0 Å². The van der Waals surface area contributed by atoms with E-state index in [1.807, 2.05) is 48.5 Å². The number of halogens is 1. The molecule has 3 heterocycles. The standard InChI is InChI=1S/C24H22ClN3O2S2/c1-27-12-11-19-20(13-27)32-22-21(19)23(29)28(17-7-5-16(25)6-8-17)24(26-22)31-14-15-3-9-18(30-2)10-4-15/h3-10H,11-14H2,1-2H3. The number of hydrogen-bond donors (Lipinski definition) is 0. The van der Waals surface area contributed by atoms with E-state index in [1.54, 1.807) is 34.8 Å². The minimum Gasteiger partial charge on any atom is -0.497 e. The van der Waals surface area contributed by atoms with E-state index in [0.717, 1.165) is 52.3 Å². The van der Waals surface area contributed by atoms with Crippen LogP contribution in [0.4, 0.5) is 0 Å². The zero-order valence-electron chi connectivity index (χ0n) is 17.8. The fraction of sp³-hybridized carbons (Fsp3) is 0.250. The highest BCUT2D eigenvalue weighted by Gasteiger charge is 2.24. The molecule has 1 aliphatic heterocycles. The second-order valence-corrected chi connectivity index (χ2v) is 10.3. The summed E-state index contributed by atoms with van der Waals surface area (Å²) in [6.45, 7) is 1.82. The molecule has 0 radical (unpaired) electrons. The summed E-state index contributed by atoms with van der Waals surface area (Å²) in [6, 6.07) is 15.3. The summed E-state index contributed by atoms with van der Waals surface area (Å²) < 4.78 is 6.99. The molecule has 8 heteroatoms. The Hall–Kier alpha value is -2.32. The van der Waals surface area contributed by atoms with Crippen molar-refractivity contribution in [2.45, 2.75) is 23.9 Å². The highest BCUT2D eigenvalue weighted by molar-refractivity contribution is 7.98. The van der Waals surface area contributed by atoms with Gasteiger partial charge in [0, 0.05) is 28.7 Å². The lowest BCUT2D eigenvalue weighted by molar-refractivity contribution is 0.318. The van der Waals surface area contributed by atoms with E-state index < -0.39 is 0 Å². The van der Waals surface area contributed by atoms with Gasteiger partial charge in [-0.05, 0) is 61.0 Å². The molecule has 0 aliphatic carbocycles. The Kier molecular flexibility index (Phi) is 5.99. The smallest absolute Gasteiger partial charge is 0.267 e. The second kappa shape index (κ2) is 8.90. The first-order valence-corrected chi connectivity index (χ1v) is 12.5. The van der Waals surface area contributed by atoms with Crippen LogP contribution in [0.25, 0.3) is 15.9 Å². The predicted molar refractivity (Wildman–Crippen MR) is 133 cm³/mol. The van der Waals surface area contributed by atoms with Crippen LogP contribution < -0.4 is 10.3 Å². The van der Waals surface area contributed by atoms with Gasteiger partial charge >= 0.3 is 0 Å². The summed E-state index contributed by atoms with van der Waals surface area (Å²) in [5.41, 5.74) is 3.07. The van der Waals surface area contributed by atoms with Gasteiger partial charge in [-0.3, -0.25) is 9.36 Å². The lowest BCUT2D eigenvalue weighted by atomic mass is 10.1. The van der Waals surface area contributed by atoms with E-state index in [0.29, 0.717) is 15.9 Å². The summed E-state index contributed by atoms with van der Waals surface area (Å²) in [4.78, 5) is 23.1. The van der Waals surface area contributed by atoms with Gasteiger partial charge in [0.15, 0.2) is 5.16 Å². The van der Waals surface area contributed by atoms with Gasteiger partial charge in [-0.1, -0.05) is 35.5 Å². The Morgan fingerprint density at radius 3 is 2.62 bits per heavy atom. The third-order valence-electron chi connectivity index (χ3n) is 5.65. The molecule has 5 rings (SSSR count). The lowest BCUT2D eigenvalue weighted by Gasteiger charge is -2.21. The normalized spacial score (nSPS) is 14.0.